The van der Waals surface area contributed by atoms with Crippen LogP contribution in [0, 0.1) is 5.82 Å². The molecule has 6 rings (SSSR count). The third kappa shape index (κ3) is 4.14. The summed E-state index contributed by atoms with van der Waals surface area (Å²) in [6, 6.07) is 13.2. The van der Waals surface area contributed by atoms with Gasteiger partial charge >= 0.3 is 5.97 Å². The first kappa shape index (κ1) is 24.8. The zero-order valence-corrected chi connectivity index (χ0v) is 21.9. The molecule has 9 heteroatoms. The molecule has 1 atom stereocenters. The minimum Gasteiger partial charge on any atom is -0.488 e. The van der Waals surface area contributed by atoms with Crippen LogP contribution in [-0.4, -0.2) is 51.6 Å². The van der Waals surface area contributed by atoms with Crippen molar-refractivity contribution in [2.75, 3.05) is 20.3 Å². The summed E-state index contributed by atoms with van der Waals surface area (Å²) >= 11 is 0. The second-order valence-corrected chi connectivity index (χ2v) is 9.71. The van der Waals surface area contributed by atoms with E-state index < -0.39 is 11.8 Å². The molecule has 2 aliphatic rings. The average Bonchev–Trinajstić information content (AvgIpc) is 3.40. The second-order valence-electron chi connectivity index (χ2n) is 9.71. The number of halogens is 1. The van der Waals surface area contributed by atoms with Crippen LogP contribution in [0.5, 0.6) is 5.75 Å². The molecule has 198 valence electrons. The first-order valence-electron chi connectivity index (χ1n) is 12.9. The molecule has 2 aliphatic heterocycles. The van der Waals surface area contributed by atoms with Gasteiger partial charge in [-0.25, -0.2) is 18.7 Å². The molecule has 0 fully saturated rings. The zero-order chi connectivity index (χ0) is 27.3. The highest BCUT2D eigenvalue weighted by molar-refractivity contribution is 5.95. The van der Waals surface area contributed by atoms with Crippen molar-refractivity contribution < 1.29 is 23.5 Å². The van der Waals surface area contributed by atoms with E-state index in [4.69, 9.17) is 9.47 Å². The standard InChI is InChI=1S/C30H27FN4O4/c1-4-18-14-24(29(36)34-12-11-19-7-5-6-8-21(19)17(34)2)33-35-15-25(32-28(18)35)22-9-10-26-23(27(22)31)13-20(16-39-26)30(37)38-3/h5-10,13-15,17H,4,11-12,16H2,1-3H3/t17-/m1/s1. The quantitative estimate of drug-likeness (QED) is 0.355. The maximum Gasteiger partial charge on any atom is 0.337 e. The Kier molecular flexibility index (Phi) is 6.13. The van der Waals surface area contributed by atoms with Crippen LogP contribution in [0.15, 0.2) is 54.2 Å². The van der Waals surface area contributed by atoms with E-state index in [0.29, 0.717) is 35.8 Å². The van der Waals surface area contributed by atoms with Gasteiger partial charge in [0.25, 0.3) is 5.91 Å². The smallest absolute Gasteiger partial charge is 0.337 e. The van der Waals surface area contributed by atoms with Gasteiger partial charge in [-0.15, -0.1) is 0 Å². The molecule has 2 aromatic carbocycles. The van der Waals surface area contributed by atoms with Crippen LogP contribution in [0.2, 0.25) is 0 Å². The zero-order valence-electron chi connectivity index (χ0n) is 21.9. The molecule has 0 N–H and O–H groups in total. The van der Waals surface area contributed by atoms with E-state index >= 15 is 4.39 Å². The maximum atomic E-state index is 15.7. The Morgan fingerprint density at radius 1 is 1.21 bits per heavy atom. The summed E-state index contributed by atoms with van der Waals surface area (Å²) in [6.45, 7) is 4.63. The monoisotopic (exact) mass is 526 g/mol. The number of amides is 1. The number of aryl methyl sites for hydroxylation is 1. The molecule has 39 heavy (non-hydrogen) atoms. The van der Waals surface area contributed by atoms with E-state index in [0.717, 1.165) is 17.5 Å². The Morgan fingerprint density at radius 2 is 2.03 bits per heavy atom. The number of aromatic nitrogens is 3. The van der Waals surface area contributed by atoms with Crippen molar-refractivity contribution in [3.63, 3.8) is 0 Å². The summed E-state index contributed by atoms with van der Waals surface area (Å²) in [7, 11) is 1.27. The lowest BCUT2D eigenvalue weighted by atomic mass is 9.93. The van der Waals surface area contributed by atoms with Crippen molar-refractivity contribution in [2.24, 2.45) is 0 Å². The van der Waals surface area contributed by atoms with Gasteiger partial charge in [0.1, 0.15) is 23.9 Å². The summed E-state index contributed by atoms with van der Waals surface area (Å²) < 4.78 is 27.6. The lowest BCUT2D eigenvalue weighted by Crippen LogP contribution is -2.39. The van der Waals surface area contributed by atoms with Crippen molar-refractivity contribution in [3.8, 4) is 17.0 Å². The summed E-state index contributed by atoms with van der Waals surface area (Å²) in [4.78, 5) is 32.1. The SMILES string of the molecule is CCc1cc(C(=O)N2CCc3ccccc3[C@H]2C)nn2cc(-c3ccc4c(c3F)C=C(C(=O)OC)CO4)nc12. The van der Waals surface area contributed by atoms with Crippen LogP contribution in [0.1, 0.15) is 52.6 Å². The molecule has 2 aromatic heterocycles. The predicted octanol–water partition coefficient (Wildman–Crippen LogP) is 4.81. The molecule has 8 nitrogen and oxygen atoms in total. The van der Waals surface area contributed by atoms with Crippen LogP contribution < -0.4 is 4.74 Å². The summed E-state index contributed by atoms with van der Waals surface area (Å²) in [6.07, 6.45) is 4.48. The Morgan fingerprint density at radius 3 is 2.82 bits per heavy atom. The number of imidazole rings is 1. The molecular formula is C30H27FN4O4. The van der Waals surface area contributed by atoms with Crippen LogP contribution in [0.4, 0.5) is 4.39 Å². The third-order valence-corrected chi connectivity index (χ3v) is 7.52. The van der Waals surface area contributed by atoms with Crippen LogP contribution >= 0.6 is 0 Å². The molecular weight excluding hydrogens is 499 g/mol. The highest BCUT2D eigenvalue weighted by Crippen LogP contribution is 2.35. The van der Waals surface area contributed by atoms with Crippen LogP contribution in [-0.2, 0) is 22.4 Å². The van der Waals surface area contributed by atoms with Crippen molar-refractivity contribution in [3.05, 3.63) is 88.0 Å². The average molecular weight is 527 g/mol. The molecule has 0 unspecified atom stereocenters. The molecule has 4 heterocycles. The molecule has 0 aliphatic carbocycles. The fourth-order valence-corrected chi connectivity index (χ4v) is 5.39. The largest absolute Gasteiger partial charge is 0.488 e. The van der Waals surface area contributed by atoms with E-state index in [1.165, 1.54) is 18.7 Å². The fraction of sp³-hybridized carbons (Fsp3) is 0.267. The van der Waals surface area contributed by atoms with E-state index in [2.05, 4.69) is 22.2 Å². The number of fused-ring (bicyclic) bond motifs is 3. The first-order chi connectivity index (χ1) is 18.9. The van der Waals surface area contributed by atoms with Crippen molar-refractivity contribution >= 4 is 23.6 Å². The third-order valence-electron chi connectivity index (χ3n) is 7.52. The second kappa shape index (κ2) is 9.65. The van der Waals surface area contributed by atoms with Gasteiger partial charge in [0.05, 0.1) is 36.2 Å². The molecule has 0 saturated heterocycles. The van der Waals surface area contributed by atoms with Gasteiger partial charge in [0.15, 0.2) is 5.65 Å². The molecule has 4 aromatic rings. The summed E-state index contributed by atoms with van der Waals surface area (Å²) in [5.41, 5.74) is 5.10. The van der Waals surface area contributed by atoms with Crippen molar-refractivity contribution in [1.29, 1.82) is 0 Å². The molecule has 0 radical (unpaired) electrons. The number of nitrogens with zero attached hydrogens (tertiary/aromatic N) is 4. The first-order valence-corrected chi connectivity index (χ1v) is 12.9. The predicted molar refractivity (Wildman–Crippen MR) is 143 cm³/mol. The van der Waals surface area contributed by atoms with Gasteiger partial charge in [-0.2, -0.15) is 5.10 Å². The lowest BCUT2D eigenvalue weighted by molar-refractivity contribution is -0.136. The molecule has 1 amide bonds. The fourth-order valence-electron chi connectivity index (χ4n) is 5.39. The van der Waals surface area contributed by atoms with Crippen LogP contribution in [0.3, 0.4) is 0 Å². The number of carbonyl (C=O) groups is 2. The van der Waals surface area contributed by atoms with Gasteiger partial charge in [0, 0.05) is 12.1 Å². The van der Waals surface area contributed by atoms with E-state index in [1.807, 2.05) is 30.9 Å². The minimum atomic E-state index is -0.571. The Bertz CT molecular complexity index is 1680. The number of methoxy groups -OCH3 is 1. The van der Waals surface area contributed by atoms with Gasteiger partial charge in [-0.05, 0) is 60.7 Å². The van der Waals surface area contributed by atoms with Crippen LogP contribution in [0.25, 0.3) is 23.0 Å². The molecule has 0 bridgehead atoms. The van der Waals surface area contributed by atoms with Gasteiger partial charge in [-0.1, -0.05) is 31.2 Å². The molecule has 0 spiro atoms. The number of rotatable bonds is 4. The lowest BCUT2D eigenvalue weighted by Gasteiger charge is -2.35. The minimum absolute atomic E-state index is 0.00856. The number of esters is 1. The number of hydrogen-bond donors (Lipinski definition) is 0. The highest BCUT2D eigenvalue weighted by Gasteiger charge is 2.30. The maximum absolute atomic E-state index is 15.7. The Balaban J connectivity index is 1.38. The topological polar surface area (TPSA) is 86.0 Å². The number of hydrogen-bond acceptors (Lipinski definition) is 6. The summed E-state index contributed by atoms with van der Waals surface area (Å²) in [5.74, 6) is -0.947. The Labute approximate surface area is 224 Å². The molecule has 0 saturated carbocycles. The normalized spacial score (nSPS) is 16.3. The summed E-state index contributed by atoms with van der Waals surface area (Å²) in [5, 5.41) is 4.60. The number of benzene rings is 2. The number of carbonyl (C=O) groups excluding carboxylic acids is 2. The van der Waals surface area contributed by atoms with Gasteiger partial charge in [0.2, 0.25) is 0 Å². The van der Waals surface area contributed by atoms with Gasteiger partial charge in [-0.3, -0.25) is 4.79 Å². The van der Waals surface area contributed by atoms with E-state index in [-0.39, 0.29) is 35.3 Å². The highest BCUT2D eigenvalue weighted by atomic mass is 19.1. The van der Waals surface area contributed by atoms with Crippen molar-refractivity contribution in [2.45, 2.75) is 32.7 Å². The Hall–Kier alpha value is -4.53. The van der Waals surface area contributed by atoms with E-state index in [9.17, 15) is 9.59 Å². The number of ether oxygens (including phenoxy) is 2. The van der Waals surface area contributed by atoms with Gasteiger partial charge < -0.3 is 14.4 Å². The van der Waals surface area contributed by atoms with E-state index in [1.54, 1.807) is 28.9 Å². The van der Waals surface area contributed by atoms with Crippen molar-refractivity contribution in [1.82, 2.24) is 19.5 Å².